The van der Waals surface area contributed by atoms with E-state index in [2.05, 4.69) is 55.4 Å². The first-order valence-corrected chi connectivity index (χ1v) is 9.54. The van der Waals surface area contributed by atoms with Crippen LogP contribution in [0.25, 0.3) is 0 Å². The van der Waals surface area contributed by atoms with Crippen molar-refractivity contribution >= 4 is 15.9 Å². The van der Waals surface area contributed by atoms with Crippen molar-refractivity contribution in [3.8, 4) is 0 Å². The summed E-state index contributed by atoms with van der Waals surface area (Å²) in [5, 5.41) is 21.1. The third-order valence-electron chi connectivity index (χ3n) is 5.75. The van der Waals surface area contributed by atoms with E-state index in [0.29, 0.717) is 5.92 Å². The highest BCUT2D eigenvalue weighted by molar-refractivity contribution is 9.09. The van der Waals surface area contributed by atoms with Gasteiger partial charge in [-0.1, -0.05) is 65.7 Å². The van der Waals surface area contributed by atoms with E-state index in [9.17, 15) is 10.2 Å². The third-order valence-corrected chi connectivity index (χ3v) is 7.11. The molecule has 1 fully saturated rings. The van der Waals surface area contributed by atoms with Crippen molar-refractivity contribution in [3.05, 3.63) is 36.0 Å². The molecule has 0 bridgehead atoms. The van der Waals surface area contributed by atoms with Crippen LogP contribution in [0.1, 0.15) is 53.4 Å². The highest BCUT2D eigenvalue weighted by atomic mass is 79.9. The molecule has 0 aromatic carbocycles. The molecule has 2 N–H and O–H groups in total. The zero-order valence-corrected chi connectivity index (χ0v) is 16.4. The molecule has 0 spiro atoms. The standard InChI is InChI=1S/C20H31BrO2/c1-13-7-6-9-19(3,4)18(13)16(22)11-14(2)15-8-10-20(5,23)17(21)12-15/h6,9,11,15-18,22-23H,1,7-8,10,12H2,2-5H3. The molecule has 5 atom stereocenters. The van der Waals surface area contributed by atoms with Crippen molar-refractivity contribution in [1.29, 1.82) is 0 Å². The van der Waals surface area contributed by atoms with Crippen LogP contribution in [0.3, 0.4) is 0 Å². The second kappa shape index (κ2) is 6.85. The number of aliphatic hydroxyl groups excluding tert-OH is 1. The minimum Gasteiger partial charge on any atom is -0.389 e. The molecule has 0 amide bonds. The average molecular weight is 383 g/mol. The molecular weight excluding hydrogens is 352 g/mol. The fraction of sp³-hybridized carbons (Fsp3) is 0.700. The molecule has 2 aliphatic rings. The zero-order valence-electron chi connectivity index (χ0n) is 14.8. The molecule has 3 heteroatoms. The Morgan fingerprint density at radius 1 is 1.43 bits per heavy atom. The average Bonchev–Trinajstić information content (AvgIpc) is 2.40. The lowest BCUT2D eigenvalue weighted by Gasteiger charge is -2.40. The van der Waals surface area contributed by atoms with Crippen LogP contribution in [0.5, 0.6) is 0 Å². The van der Waals surface area contributed by atoms with Gasteiger partial charge in [-0.25, -0.2) is 0 Å². The highest BCUT2D eigenvalue weighted by Gasteiger charge is 2.39. The van der Waals surface area contributed by atoms with E-state index < -0.39 is 11.7 Å². The summed E-state index contributed by atoms with van der Waals surface area (Å²) < 4.78 is 0. The Labute approximate surface area is 149 Å². The SMILES string of the molecule is C=C1CC=CC(C)(C)C1C(O)C=C(C)C1CCC(C)(O)C(Br)C1. The second-order valence-electron chi connectivity index (χ2n) is 8.26. The summed E-state index contributed by atoms with van der Waals surface area (Å²) in [6, 6.07) is 0. The molecular formula is C20H31BrO2. The molecule has 5 unspecified atom stereocenters. The lowest BCUT2D eigenvalue weighted by atomic mass is 9.67. The Kier molecular flexibility index (Phi) is 5.65. The monoisotopic (exact) mass is 382 g/mol. The predicted octanol–water partition coefficient (Wildman–Crippen LogP) is 4.77. The Balaban J connectivity index is 2.11. The van der Waals surface area contributed by atoms with Gasteiger partial charge in [-0.15, -0.1) is 0 Å². The fourth-order valence-electron chi connectivity index (χ4n) is 4.11. The van der Waals surface area contributed by atoms with Crippen LogP contribution in [0.4, 0.5) is 0 Å². The Bertz CT molecular complexity index is 516. The number of hydrogen-bond acceptors (Lipinski definition) is 2. The maximum atomic E-state index is 10.8. The minimum absolute atomic E-state index is 0.0638. The molecule has 0 heterocycles. The summed E-state index contributed by atoms with van der Waals surface area (Å²) in [5.41, 5.74) is 1.65. The van der Waals surface area contributed by atoms with Gasteiger partial charge in [0.1, 0.15) is 0 Å². The summed E-state index contributed by atoms with van der Waals surface area (Å²) in [6.45, 7) is 12.5. The maximum absolute atomic E-state index is 10.8. The molecule has 1 saturated carbocycles. The third kappa shape index (κ3) is 4.18. The van der Waals surface area contributed by atoms with Gasteiger partial charge >= 0.3 is 0 Å². The van der Waals surface area contributed by atoms with Crippen molar-refractivity contribution in [2.24, 2.45) is 17.3 Å². The van der Waals surface area contributed by atoms with Gasteiger partial charge in [0.15, 0.2) is 0 Å². The first-order chi connectivity index (χ1) is 10.5. The number of hydrogen-bond donors (Lipinski definition) is 2. The van der Waals surface area contributed by atoms with Crippen LogP contribution < -0.4 is 0 Å². The van der Waals surface area contributed by atoms with Gasteiger partial charge in [-0.05, 0) is 50.9 Å². The van der Waals surface area contributed by atoms with Gasteiger partial charge in [0.2, 0.25) is 0 Å². The van der Waals surface area contributed by atoms with Gasteiger partial charge in [0.05, 0.1) is 11.7 Å². The van der Waals surface area contributed by atoms with Crippen molar-refractivity contribution in [2.75, 3.05) is 0 Å². The Morgan fingerprint density at radius 3 is 2.65 bits per heavy atom. The largest absolute Gasteiger partial charge is 0.389 e. The van der Waals surface area contributed by atoms with Crippen LogP contribution in [-0.4, -0.2) is 26.7 Å². The van der Waals surface area contributed by atoms with Crippen LogP contribution in [-0.2, 0) is 0 Å². The lowest BCUT2D eigenvalue weighted by Crippen LogP contribution is -2.41. The normalized spacial score (nSPS) is 39.3. The molecule has 0 aromatic rings. The first kappa shape index (κ1) is 19.0. The van der Waals surface area contributed by atoms with E-state index in [4.69, 9.17) is 0 Å². The second-order valence-corrected chi connectivity index (χ2v) is 9.37. The highest BCUT2D eigenvalue weighted by Crippen LogP contribution is 2.43. The molecule has 0 saturated heterocycles. The number of allylic oxidation sites excluding steroid dienone is 3. The number of alkyl halides is 1. The molecule has 2 aliphatic carbocycles. The van der Waals surface area contributed by atoms with E-state index in [1.165, 1.54) is 5.57 Å². The van der Waals surface area contributed by atoms with Gasteiger partial charge in [-0.2, -0.15) is 0 Å². The Morgan fingerprint density at radius 2 is 2.09 bits per heavy atom. The van der Waals surface area contributed by atoms with Gasteiger partial charge in [-0.3, -0.25) is 0 Å². The fourth-order valence-corrected chi connectivity index (χ4v) is 4.79. The molecule has 0 aromatic heterocycles. The van der Waals surface area contributed by atoms with Crippen LogP contribution >= 0.6 is 15.9 Å². The van der Waals surface area contributed by atoms with E-state index in [1.54, 1.807) is 0 Å². The Hall–Kier alpha value is -0.380. The van der Waals surface area contributed by atoms with E-state index >= 15 is 0 Å². The summed E-state index contributed by atoms with van der Waals surface area (Å²) in [6.07, 6.45) is 9.41. The quantitative estimate of drug-likeness (QED) is 0.545. The molecule has 2 rings (SSSR count). The van der Waals surface area contributed by atoms with Crippen molar-refractivity contribution < 1.29 is 10.2 Å². The number of halogens is 1. The van der Waals surface area contributed by atoms with Gasteiger partial charge in [0, 0.05) is 10.7 Å². The number of aliphatic hydroxyl groups is 2. The van der Waals surface area contributed by atoms with Gasteiger partial charge < -0.3 is 10.2 Å². The summed E-state index contributed by atoms with van der Waals surface area (Å²) in [4.78, 5) is 0.110. The summed E-state index contributed by atoms with van der Waals surface area (Å²) >= 11 is 3.63. The van der Waals surface area contributed by atoms with Crippen molar-refractivity contribution in [2.45, 2.75) is 69.9 Å². The summed E-state index contributed by atoms with van der Waals surface area (Å²) in [7, 11) is 0. The van der Waals surface area contributed by atoms with E-state index in [-0.39, 0.29) is 16.2 Å². The van der Waals surface area contributed by atoms with Crippen LogP contribution in [0.15, 0.2) is 36.0 Å². The first-order valence-electron chi connectivity index (χ1n) is 8.63. The van der Waals surface area contributed by atoms with E-state index in [0.717, 1.165) is 31.3 Å². The maximum Gasteiger partial charge on any atom is 0.0796 e. The van der Waals surface area contributed by atoms with Crippen molar-refractivity contribution in [3.63, 3.8) is 0 Å². The zero-order chi connectivity index (χ0) is 17.4. The minimum atomic E-state index is -0.625. The van der Waals surface area contributed by atoms with Crippen molar-refractivity contribution in [1.82, 2.24) is 0 Å². The molecule has 2 nitrogen and oxygen atoms in total. The van der Waals surface area contributed by atoms with Gasteiger partial charge in [0.25, 0.3) is 0 Å². The number of rotatable bonds is 3. The lowest BCUT2D eigenvalue weighted by molar-refractivity contribution is 0.0212. The summed E-state index contributed by atoms with van der Waals surface area (Å²) in [5.74, 6) is 0.485. The molecule has 23 heavy (non-hydrogen) atoms. The smallest absolute Gasteiger partial charge is 0.0796 e. The molecule has 0 aliphatic heterocycles. The van der Waals surface area contributed by atoms with Crippen LogP contribution in [0, 0.1) is 17.3 Å². The topological polar surface area (TPSA) is 40.5 Å². The molecule has 130 valence electrons. The molecule has 0 radical (unpaired) electrons. The predicted molar refractivity (Wildman–Crippen MR) is 101 cm³/mol. The van der Waals surface area contributed by atoms with Crippen LogP contribution in [0.2, 0.25) is 0 Å². The van der Waals surface area contributed by atoms with E-state index in [1.807, 2.05) is 13.0 Å².